The second-order valence-corrected chi connectivity index (χ2v) is 21.9. The Hall–Kier alpha value is -2.28. The zero-order valence-electron chi connectivity index (χ0n) is 48.2. The molecule has 0 aromatic heterocycles. The molecule has 2 rings (SSSR count). The fraction of sp³-hybridized carbons (Fsp3) is 0.871. The van der Waals surface area contributed by atoms with Crippen LogP contribution >= 0.6 is 0 Å². The fourth-order valence-electron chi connectivity index (χ4n) is 9.77. The lowest BCUT2D eigenvalue weighted by Gasteiger charge is -2.42. The third-order valence-electron chi connectivity index (χ3n) is 14.8. The summed E-state index contributed by atoms with van der Waals surface area (Å²) in [4.78, 5) is 25.9. The summed E-state index contributed by atoms with van der Waals surface area (Å²) in [5.74, 6) is -0.922. The number of hydrogen-bond donors (Lipinski definition) is 7. The highest BCUT2D eigenvalue weighted by atomic mass is 16.7. The molecule has 450 valence electrons. The summed E-state index contributed by atoms with van der Waals surface area (Å²) in [7, 11) is 0. The molecule has 2 saturated heterocycles. The van der Waals surface area contributed by atoms with Crippen molar-refractivity contribution in [2.45, 2.75) is 319 Å². The Morgan fingerprint density at radius 3 is 1.22 bits per heavy atom. The predicted molar refractivity (Wildman–Crippen MR) is 303 cm³/mol. The van der Waals surface area contributed by atoms with E-state index in [0.29, 0.717) is 12.8 Å². The Morgan fingerprint density at radius 1 is 0.416 bits per heavy atom. The van der Waals surface area contributed by atoms with Crippen molar-refractivity contribution in [3.63, 3.8) is 0 Å². The van der Waals surface area contributed by atoms with Crippen LogP contribution in [0.3, 0.4) is 0 Å². The van der Waals surface area contributed by atoms with Gasteiger partial charge >= 0.3 is 11.9 Å². The molecular weight excluding hydrogens is 985 g/mol. The first kappa shape index (κ1) is 70.8. The molecule has 2 aliphatic rings. The van der Waals surface area contributed by atoms with Crippen LogP contribution in [0.2, 0.25) is 0 Å². The van der Waals surface area contributed by atoms with Gasteiger partial charge in [-0.3, -0.25) is 9.59 Å². The van der Waals surface area contributed by atoms with E-state index in [9.17, 15) is 45.3 Å². The van der Waals surface area contributed by atoms with Crippen molar-refractivity contribution < 1.29 is 73.8 Å². The molecular formula is C62H112O15. The standard InChI is InChI=1S/C62H112O15/c1-3-5-7-9-11-13-15-17-19-21-23-24-25-26-27-29-31-33-35-37-39-41-43-45-54(65)75-50(47-72-53(64)44-42-40-38-36-34-32-30-28-22-20-18-16-14-12-10-8-6-4-2)48-73-61-60(71)58(69)56(67)52(77-61)49-74-62-59(70)57(68)55(66)51(46-63)76-62/h15,17,20-23,50-52,55-63,66-71H,3-14,16,18-19,24-49H2,1-2H3/b17-15-,22-20-,23-21-. The van der Waals surface area contributed by atoms with Gasteiger partial charge in [-0.1, -0.05) is 204 Å². The second kappa shape index (κ2) is 48.4. The molecule has 0 aliphatic carbocycles. The SMILES string of the molecule is CCCCCCC/C=C\C/C=C\CCCCCCCCCCCCCC(=O)OC(COC(=O)CCCCCCCCC/C=C\CCCCCCCCC)COC1OC(COC2OC(CO)C(O)C(O)C2O)C(O)C(O)C1O. The number of carbonyl (C=O) groups excluding carboxylic acids is 2. The number of unbranched alkanes of at least 4 members (excludes halogenated alkanes) is 30. The molecule has 11 unspecified atom stereocenters. The van der Waals surface area contributed by atoms with Crippen molar-refractivity contribution in [1.82, 2.24) is 0 Å². The van der Waals surface area contributed by atoms with Gasteiger partial charge in [0.1, 0.15) is 55.4 Å². The van der Waals surface area contributed by atoms with Crippen LogP contribution < -0.4 is 0 Å². The van der Waals surface area contributed by atoms with E-state index in [1.165, 1.54) is 154 Å². The van der Waals surface area contributed by atoms with Gasteiger partial charge in [-0.2, -0.15) is 0 Å². The maximum Gasteiger partial charge on any atom is 0.306 e. The highest BCUT2D eigenvalue weighted by Crippen LogP contribution is 2.27. The molecule has 2 heterocycles. The molecule has 0 aromatic rings. The van der Waals surface area contributed by atoms with E-state index in [2.05, 4.69) is 50.3 Å². The van der Waals surface area contributed by atoms with Gasteiger partial charge in [-0.15, -0.1) is 0 Å². The van der Waals surface area contributed by atoms with E-state index in [1.807, 2.05) is 0 Å². The van der Waals surface area contributed by atoms with Gasteiger partial charge in [-0.25, -0.2) is 0 Å². The first-order chi connectivity index (χ1) is 37.5. The normalized spacial score (nSPS) is 24.4. The van der Waals surface area contributed by atoms with E-state index >= 15 is 0 Å². The smallest absolute Gasteiger partial charge is 0.306 e. The summed E-state index contributed by atoms with van der Waals surface area (Å²) in [5, 5.41) is 72.4. The Morgan fingerprint density at radius 2 is 0.779 bits per heavy atom. The summed E-state index contributed by atoms with van der Waals surface area (Å²) in [6.07, 6.45) is 38.7. The van der Waals surface area contributed by atoms with E-state index in [-0.39, 0.29) is 26.1 Å². The zero-order valence-corrected chi connectivity index (χ0v) is 48.2. The molecule has 0 aromatic carbocycles. The molecule has 0 radical (unpaired) electrons. The van der Waals surface area contributed by atoms with Crippen molar-refractivity contribution in [3.05, 3.63) is 36.5 Å². The Bertz CT molecular complexity index is 1480. The van der Waals surface area contributed by atoms with Crippen LogP contribution in [0.4, 0.5) is 0 Å². The van der Waals surface area contributed by atoms with Crippen LogP contribution in [0, 0.1) is 0 Å². The third-order valence-corrected chi connectivity index (χ3v) is 14.8. The Labute approximate surface area is 465 Å². The molecule has 7 N–H and O–H groups in total. The number of aliphatic hydroxyl groups is 7. The predicted octanol–water partition coefficient (Wildman–Crippen LogP) is 11.2. The Kier molecular flexibility index (Phi) is 44.5. The lowest BCUT2D eigenvalue weighted by molar-refractivity contribution is -0.332. The number of hydrogen-bond acceptors (Lipinski definition) is 15. The number of ether oxygens (including phenoxy) is 6. The lowest BCUT2D eigenvalue weighted by Crippen LogP contribution is -2.61. The number of carbonyl (C=O) groups is 2. The number of allylic oxidation sites excluding steroid dienone is 6. The number of esters is 2. The summed E-state index contributed by atoms with van der Waals surface area (Å²) >= 11 is 0. The highest BCUT2D eigenvalue weighted by Gasteiger charge is 2.47. The van der Waals surface area contributed by atoms with Crippen molar-refractivity contribution in [3.8, 4) is 0 Å². The van der Waals surface area contributed by atoms with Crippen molar-refractivity contribution >= 4 is 11.9 Å². The van der Waals surface area contributed by atoms with Crippen LogP contribution in [-0.2, 0) is 38.0 Å². The Balaban J connectivity index is 1.72. The van der Waals surface area contributed by atoms with E-state index in [4.69, 9.17) is 28.4 Å². The second-order valence-electron chi connectivity index (χ2n) is 21.9. The number of rotatable bonds is 50. The van der Waals surface area contributed by atoms with Crippen molar-refractivity contribution in [2.75, 3.05) is 26.4 Å². The third kappa shape index (κ3) is 35.2. The number of aliphatic hydroxyl groups excluding tert-OH is 7. The maximum absolute atomic E-state index is 13.1. The van der Waals surface area contributed by atoms with Crippen LogP contribution in [0.1, 0.15) is 251 Å². The molecule has 15 heteroatoms. The van der Waals surface area contributed by atoms with Gasteiger partial charge in [0.15, 0.2) is 18.7 Å². The molecule has 0 saturated carbocycles. The average Bonchev–Trinajstić information content (AvgIpc) is 3.43. The first-order valence-corrected chi connectivity index (χ1v) is 31.1. The molecule has 2 fully saturated rings. The minimum atomic E-state index is -1.77. The van der Waals surface area contributed by atoms with Gasteiger partial charge in [0.25, 0.3) is 0 Å². The molecule has 0 amide bonds. The molecule has 11 atom stereocenters. The molecule has 0 spiro atoms. The topological polar surface area (TPSA) is 231 Å². The molecule has 77 heavy (non-hydrogen) atoms. The summed E-state index contributed by atoms with van der Waals surface area (Å²) in [6, 6.07) is 0. The lowest BCUT2D eigenvalue weighted by atomic mass is 9.98. The summed E-state index contributed by atoms with van der Waals surface area (Å²) in [5.41, 5.74) is 0. The monoisotopic (exact) mass is 1100 g/mol. The van der Waals surface area contributed by atoms with Crippen molar-refractivity contribution in [2.24, 2.45) is 0 Å². The van der Waals surface area contributed by atoms with Gasteiger partial charge in [0, 0.05) is 12.8 Å². The van der Waals surface area contributed by atoms with Gasteiger partial charge in [-0.05, 0) is 70.6 Å². The van der Waals surface area contributed by atoms with Crippen LogP contribution in [0.25, 0.3) is 0 Å². The minimum Gasteiger partial charge on any atom is -0.462 e. The van der Waals surface area contributed by atoms with Gasteiger partial charge < -0.3 is 64.2 Å². The van der Waals surface area contributed by atoms with E-state index in [0.717, 1.165) is 57.8 Å². The van der Waals surface area contributed by atoms with E-state index in [1.54, 1.807) is 0 Å². The van der Waals surface area contributed by atoms with Crippen LogP contribution in [-0.4, -0.2) is 142 Å². The van der Waals surface area contributed by atoms with Crippen LogP contribution in [0.15, 0.2) is 36.5 Å². The quantitative estimate of drug-likeness (QED) is 0.0171. The largest absolute Gasteiger partial charge is 0.462 e. The molecule has 15 nitrogen and oxygen atoms in total. The first-order valence-electron chi connectivity index (χ1n) is 31.1. The van der Waals surface area contributed by atoms with Gasteiger partial charge in [0.05, 0.1) is 19.8 Å². The maximum atomic E-state index is 13.1. The van der Waals surface area contributed by atoms with Crippen LogP contribution in [0.5, 0.6) is 0 Å². The molecule has 0 bridgehead atoms. The molecule has 2 aliphatic heterocycles. The summed E-state index contributed by atoms with van der Waals surface area (Å²) in [6.45, 7) is 2.62. The fourth-order valence-corrected chi connectivity index (χ4v) is 9.77. The van der Waals surface area contributed by atoms with E-state index < -0.39 is 92.7 Å². The summed E-state index contributed by atoms with van der Waals surface area (Å²) < 4.78 is 33.8. The zero-order chi connectivity index (χ0) is 56.0. The van der Waals surface area contributed by atoms with Crippen molar-refractivity contribution in [1.29, 1.82) is 0 Å². The highest BCUT2D eigenvalue weighted by molar-refractivity contribution is 5.70. The minimum absolute atomic E-state index is 0.163. The van der Waals surface area contributed by atoms with Gasteiger partial charge in [0.2, 0.25) is 0 Å². The average molecular weight is 1100 g/mol.